The fourth-order valence-electron chi connectivity index (χ4n) is 1.81. The first-order valence-electron chi connectivity index (χ1n) is 7.11. The molecule has 0 unspecified atom stereocenters. The van der Waals surface area contributed by atoms with Gasteiger partial charge in [-0.25, -0.2) is 0 Å². The second kappa shape index (κ2) is 6.65. The fraction of sp³-hybridized carbons (Fsp3) is 0.333. The molecular weight excluding hydrogens is 319 g/mol. The second-order valence-electron chi connectivity index (χ2n) is 6.15. The molecule has 0 bridgehead atoms. The number of hydrogen-bond acceptors (Lipinski definition) is 6. The summed E-state index contributed by atoms with van der Waals surface area (Å²) in [5, 5.41) is 19.7. The van der Waals surface area contributed by atoms with Gasteiger partial charge in [-0.3, -0.25) is 20.2 Å². The fourth-order valence-corrected chi connectivity index (χ4v) is 1.81. The number of aromatic nitrogens is 1. The van der Waals surface area contributed by atoms with Crippen molar-refractivity contribution >= 4 is 23.2 Å². The van der Waals surface area contributed by atoms with Gasteiger partial charge in [-0.05, 0) is 12.1 Å². The Kier molecular flexibility index (Phi) is 4.82. The summed E-state index contributed by atoms with van der Waals surface area (Å²) in [6, 6.07) is 4.92. The van der Waals surface area contributed by atoms with Gasteiger partial charge in [0.1, 0.15) is 0 Å². The van der Waals surface area contributed by atoms with Gasteiger partial charge in [-0.15, -0.1) is 0 Å². The van der Waals surface area contributed by atoms with Gasteiger partial charge in [0.25, 0.3) is 0 Å². The average molecular weight is 336 g/mol. The van der Waals surface area contributed by atoms with Crippen molar-refractivity contribution in [3.8, 4) is 0 Å². The molecule has 0 aliphatic heterocycles. The number of nitrogens with one attached hydrogen (secondary N) is 2. The van der Waals surface area contributed by atoms with Crippen LogP contribution in [-0.2, 0) is 10.2 Å². The number of nitrogens with zero attached hydrogens (tertiary/aromatic N) is 2. The van der Waals surface area contributed by atoms with E-state index in [-0.39, 0.29) is 23.5 Å². The lowest BCUT2D eigenvalue weighted by molar-refractivity contribution is -0.387. The third-order valence-corrected chi connectivity index (χ3v) is 3.14. The number of rotatable bonds is 5. The van der Waals surface area contributed by atoms with Gasteiger partial charge >= 0.3 is 5.69 Å². The van der Waals surface area contributed by atoms with Crippen LogP contribution in [0.5, 0.6) is 0 Å². The number of hydrogen-bond donors (Lipinski definition) is 2. The van der Waals surface area contributed by atoms with Gasteiger partial charge in [0.2, 0.25) is 17.6 Å². The van der Waals surface area contributed by atoms with Crippen molar-refractivity contribution in [2.45, 2.75) is 26.2 Å². The zero-order valence-electron chi connectivity index (χ0n) is 13.4. The number of amides is 1. The van der Waals surface area contributed by atoms with E-state index in [1.54, 1.807) is 6.07 Å². The maximum atomic E-state index is 13.2. The Morgan fingerprint density at radius 1 is 1.38 bits per heavy atom. The molecule has 2 N–H and O–H groups in total. The Balaban J connectivity index is 1.95. The van der Waals surface area contributed by atoms with Crippen molar-refractivity contribution < 1.29 is 18.6 Å². The SMILES string of the molecule is CC(C)(C)c1cc(NC(=O)CNc2ccc(F)c([N+](=O)[O-])c2)on1. The van der Waals surface area contributed by atoms with Crippen molar-refractivity contribution in [3.63, 3.8) is 0 Å². The number of benzene rings is 1. The zero-order valence-corrected chi connectivity index (χ0v) is 13.4. The van der Waals surface area contributed by atoms with Crippen LogP contribution in [0.2, 0.25) is 0 Å². The molecule has 0 saturated heterocycles. The van der Waals surface area contributed by atoms with Crippen LogP contribution in [0.15, 0.2) is 28.8 Å². The van der Waals surface area contributed by atoms with Gasteiger partial charge in [-0.2, -0.15) is 4.39 Å². The Labute approximate surface area is 137 Å². The minimum absolute atomic E-state index is 0.172. The lowest BCUT2D eigenvalue weighted by atomic mass is 9.92. The summed E-state index contributed by atoms with van der Waals surface area (Å²) < 4.78 is 18.3. The maximum Gasteiger partial charge on any atom is 0.306 e. The lowest BCUT2D eigenvalue weighted by Gasteiger charge is -2.12. The summed E-state index contributed by atoms with van der Waals surface area (Å²) in [5.74, 6) is -1.17. The summed E-state index contributed by atoms with van der Waals surface area (Å²) in [6.45, 7) is 5.70. The standard InChI is InChI=1S/C15H17FN4O4/c1-15(2,3)12-7-14(24-19-12)18-13(21)8-17-9-4-5-10(16)11(6-9)20(22)23/h4-7,17H,8H2,1-3H3,(H,18,21). The molecule has 0 fully saturated rings. The van der Waals surface area contributed by atoms with Crippen molar-refractivity contribution in [2.75, 3.05) is 17.2 Å². The molecule has 9 heteroatoms. The van der Waals surface area contributed by atoms with Crippen molar-refractivity contribution in [3.05, 3.63) is 45.9 Å². The predicted molar refractivity (Wildman–Crippen MR) is 85.4 cm³/mol. The number of anilines is 2. The van der Waals surface area contributed by atoms with E-state index in [0.717, 1.165) is 12.1 Å². The Morgan fingerprint density at radius 2 is 2.08 bits per heavy atom. The molecule has 0 radical (unpaired) electrons. The summed E-state index contributed by atoms with van der Waals surface area (Å²) in [6.07, 6.45) is 0. The van der Waals surface area contributed by atoms with Gasteiger partial charge in [0, 0.05) is 23.2 Å². The summed E-state index contributed by atoms with van der Waals surface area (Å²) in [4.78, 5) is 21.7. The molecular formula is C15H17FN4O4. The van der Waals surface area contributed by atoms with Crippen molar-refractivity contribution in [1.82, 2.24) is 5.16 Å². The number of nitro benzene ring substituents is 1. The highest BCUT2D eigenvalue weighted by atomic mass is 19.1. The lowest BCUT2D eigenvalue weighted by Crippen LogP contribution is -2.21. The molecule has 2 aromatic rings. The van der Waals surface area contributed by atoms with Crippen molar-refractivity contribution in [2.24, 2.45) is 0 Å². The van der Waals surface area contributed by atoms with Crippen LogP contribution in [0.3, 0.4) is 0 Å². The number of nitro groups is 1. The van der Waals surface area contributed by atoms with E-state index < -0.39 is 22.3 Å². The molecule has 1 heterocycles. The minimum Gasteiger partial charge on any atom is -0.376 e. The number of carbonyl (C=O) groups excluding carboxylic acids is 1. The van der Waals surface area contributed by atoms with E-state index in [1.807, 2.05) is 20.8 Å². The Morgan fingerprint density at radius 3 is 2.67 bits per heavy atom. The molecule has 24 heavy (non-hydrogen) atoms. The minimum atomic E-state index is -0.939. The molecule has 1 amide bonds. The van der Waals surface area contributed by atoms with E-state index in [9.17, 15) is 19.3 Å². The number of carbonyl (C=O) groups is 1. The van der Waals surface area contributed by atoms with Gasteiger partial charge in [-0.1, -0.05) is 25.9 Å². The van der Waals surface area contributed by atoms with Gasteiger partial charge in [0.05, 0.1) is 17.2 Å². The molecule has 0 aliphatic carbocycles. The predicted octanol–water partition coefficient (Wildman–Crippen LogP) is 3.07. The van der Waals surface area contributed by atoms with E-state index in [2.05, 4.69) is 15.8 Å². The first-order chi connectivity index (χ1) is 11.2. The quantitative estimate of drug-likeness (QED) is 0.641. The third kappa shape index (κ3) is 4.28. The first-order valence-corrected chi connectivity index (χ1v) is 7.11. The maximum absolute atomic E-state index is 13.2. The zero-order chi connectivity index (χ0) is 17.9. The summed E-state index contributed by atoms with van der Waals surface area (Å²) in [5.41, 5.74) is 0.0780. The molecule has 2 rings (SSSR count). The van der Waals surface area contributed by atoms with Gasteiger partial charge in [0.15, 0.2) is 0 Å². The summed E-state index contributed by atoms with van der Waals surface area (Å²) in [7, 11) is 0. The molecule has 1 aromatic heterocycles. The highest BCUT2D eigenvalue weighted by molar-refractivity contribution is 5.92. The monoisotopic (exact) mass is 336 g/mol. The molecule has 0 aliphatic rings. The molecule has 8 nitrogen and oxygen atoms in total. The highest BCUT2D eigenvalue weighted by Gasteiger charge is 2.20. The van der Waals surface area contributed by atoms with E-state index in [1.165, 1.54) is 6.07 Å². The molecule has 1 aromatic carbocycles. The van der Waals surface area contributed by atoms with E-state index in [0.29, 0.717) is 5.69 Å². The summed E-state index contributed by atoms with van der Waals surface area (Å²) >= 11 is 0. The van der Waals surface area contributed by atoms with Crippen molar-refractivity contribution in [1.29, 1.82) is 0 Å². The highest BCUT2D eigenvalue weighted by Crippen LogP contribution is 2.24. The smallest absolute Gasteiger partial charge is 0.306 e. The normalized spacial score (nSPS) is 11.2. The molecule has 128 valence electrons. The van der Waals surface area contributed by atoms with Crippen LogP contribution >= 0.6 is 0 Å². The van der Waals surface area contributed by atoms with Crippen LogP contribution < -0.4 is 10.6 Å². The van der Waals surface area contributed by atoms with Crippen LogP contribution in [0.4, 0.5) is 21.6 Å². The van der Waals surface area contributed by atoms with Crippen LogP contribution in [0.1, 0.15) is 26.5 Å². The van der Waals surface area contributed by atoms with Crippen LogP contribution in [-0.4, -0.2) is 22.5 Å². The Bertz CT molecular complexity index is 767. The van der Waals surface area contributed by atoms with E-state index >= 15 is 0 Å². The largest absolute Gasteiger partial charge is 0.376 e. The number of halogens is 1. The third-order valence-electron chi connectivity index (χ3n) is 3.14. The first kappa shape index (κ1) is 17.4. The Hall–Kier alpha value is -2.97. The topological polar surface area (TPSA) is 110 Å². The van der Waals surface area contributed by atoms with Gasteiger partial charge < -0.3 is 9.84 Å². The van der Waals surface area contributed by atoms with Crippen LogP contribution in [0, 0.1) is 15.9 Å². The average Bonchev–Trinajstić information content (AvgIpc) is 2.94. The van der Waals surface area contributed by atoms with Crippen LogP contribution in [0.25, 0.3) is 0 Å². The van der Waals surface area contributed by atoms with E-state index in [4.69, 9.17) is 4.52 Å². The molecule has 0 atom stereocenters. The second-order valence-corrected chi connectivity index (χ2v) is 6.15. The molecule has 0 saturated carbocycles. The molecule has 0 spiro atoms.